The largest absolute Gasteiger partial charge is 0.450 e. The summed E-state index contributed by atoms with van der Waals surface area (Å²) in [6.45, 7) is 1.62. The molecule has 0 fully saturated rings. The van der Waals surface area contributed by atoms with Gasteiger partial charge in [0.05, 0.1) is 12.1 Å². The Balaban J connectivity index is 2.80. The fourth-order valence-corrected chi connectivity index (χ4v) is 0.956. The molecule has 0 aliphatic heterocycles. The number of rotatable bonds is 2. The van der Waals surface area contributed by atoms with Gasteiger partial charge in [-0.05, 0) is 18.6 Å². The van der Waals surface area contributed by atoms with Crippen molar-refractivity contribution in [3.05, 3.63) is 29.6 Å². The van der Waals surface area contributed by atoms with Crippen LogP contribution in [0.5, 0.6) is 0 Å². The van der Waals surface area contributed by atoms with E-state index < -0.39 is 18.4 Å². The zero-order valence-electron chi connectivity index (χ0n) is 7.43. The van der Waals surface area contributed by atoms with Crippen LogP contribution in [0.3, 0.4) is 0 Å². The summed E-state index contributed by atoms with van der Waals surface area (Å²) in [5, 5.41) is 0. The molecular formula is C9H8F3NO. The molecule has 14 heavy (non-hydrogen) atoms. The minimum absolute atomic E-state index is 0.176. The number of aryl methyl sites for hydroxylation is 1. The number of pyridine rings is 1. The predicted octanol–water partition coefficient (Wildman–Crippen LogP) is 2.06. The van der Waals surface area contributed by atoms with Gasteiger partial charge in [-0.2, -0.15) is 13.2 Å². The zero-order chi connectivity index (χ0) is 10.8. The number of Topliss-reactive ketones (excluding diaryl/α,β-unsaturated/α-hetero) is 1. The van der Waals surface area contributed by atoms with E-state index in [2.05, 4.69) is 4.98 Å². The van der Waals surface area contributed by atoms with Crippen LogP contribution in [0.1, 0.15) is 11.3 Å². The lowest BCUT2D eigenvalue weighted by Gasteiger charge is -2.05. The second-order valence-electron chi connectivity index (χ2n) is 2.86. The number of carbonyl (C=O) groups is 1. The zero-order valence-corrected chi connectivity index (χ0v) is 7.43. The number of hydrogen-bond acceptors (Lipinski definition) is 2. The number of ketones is 1. The van der Waals surface area contributed by atoms with Gasteiger partial charge in [0.2, 0.25) is 5.78 Å². The van der Waals surface area contributed by atoms with E-state index in [1.165, 1.54) is 6.20 Å². The van der Waals surface area contributed by atoms with Crippen molar-refractivity contribution >= 4 is 5.78 Å². The molecule has 0 radical (unpaired) electrons. The van der Waals surface area contributed by atoms with Gasteiger partial charge in [-0.3, -0.25) is 9.78 Å². The third kappa shape index (κ3) is 2.55. The van der Waals surface area contributed by atoms with Crippen molar-refractivity contribution in [1.82, 2.24) is 4.98 Å². The van der Waals surface area contributed by atoms with E-state index in [1.807, 2.05) is 0 Å². The topological polar surface area (TPSA) is 30.0 Å². The van der Waals surface area contributed by atoms with Gasteiger partial charge in [0.25, 0.3) is 0 Å². The van der Waals surface area contributed by atoms with Crippen LogP contribution in [0, 0.1) is 6.92 Å². The van der Waals surface area contributed by atoms with Crippen molar-refractivity contribution in [2.45, 2.75) is 19.5 Å². The van der Waals surface area contributed by atoms with Gasteiger partial charge in [-0.1, -0.05) is 6.07 Å². The molecule has 0 unspecified atom stereocenters. The molecule has 0 amide bonds. The molecule has 0 bridgehead atoms. The number of aromatic nitrogens is 1. The third-order valence-electron chi connectivity index (χ3n) is 1.76. The number of carbonyl (C=O) groups excluding carboxylic acids is 1. The van der Waals surface area contributed by atoms with Crippen LogP contribution in [-0.4, -0.2) is 16.9 Å². The van der Waals surface area contributed by atoms with Crippen LogP contribution in [0.25, 0.3) is 0 Å². The minimum atomic E-state index is -4.77. The predicted molar refractivity (Wildman–Crippen MR) is 43.7 cm³/mol. The van der Waals surface area contributed by atoms with E-state index >= 15 is 0 Å². The molecule has 2 nitrogen and oxygen atoms in total. The first-order valence-electron chi connectivity index (χ1n) is 3.92. The highest BCUT2D eigenvalue weighted by molar-refractivity contribution is 5.85. The first-order chi connectivity index (χ1) is 6.41. The van der Waals surface area contributed by atoms with Gasteiger partial charge in [0.1, 0.15) is 0 Å². The van der Waals surface area contributed by atoms with Gasteiger partial charge < -0.3 is 0 Å². The van der Waals surface area contributed by atoms with Crippen LogP contribution in [0.15, 0.2) is 18.3 Å². The maximum Gasteiger partial charge on any atom is 0.450 e. The Labute approximate surface area is 78.8 Å². The Morgan fingerprint density at radius 2 is 2.14 bits per heavy atom. The number of alkyl halides is 3. The van der Waals surface area contributed by atoms with Crippen molar-refractivity contribution in [1.29, 1.82) is 0 Å². The van der Waals surface area contributed by atoms with Crippen molar-refractivity contribution in [2.24, 2.45) is 0 Å². The fraction of sp³-hybridized carbons (Fsp3) is 0.333. The molecule has 76 valence electrons. The van der Waals surface area contributed by atoms with Crippen LogP contribution >= 0.6 is 0 Å². The molecule has 1 rings (SSSR count). The molecule has 0 aliphatic rings. The summed E-state index contributed by atoms with van der Waals surface area (Å²) in [7, 11) is 0. The molecule has 0 spiro atoms. The maximum absolute atomic E-state index is 11.9. The summed E-state index contributed by atoms with van der Waals surface area (Å²) in [5.41, 5.74) is 0.764. The monoisotopic (exact) mass is 203 g/mol. The molecule has 1 aromatic rings. The summed E-state index contributed by atoms with van der Waals surface area (Å²) in [6.07, 6.45) is -4.09. The van der Waals surface area contributed by atoms with E-state index in [0.29, 0.717) is 5.56 Å². The summed E-state index contributed by atoms with van der Waals surface area (Å²) in [5.74, 6) is -1.76. The lowest BCUT2D eigenvalue weighted by Crippen LogP contribution is -2.25. The Hall–Kier alpha value is -1.39. The second-order valence-corrected chi connectivity index (χ2v) is 2.86. The van der Waals surface area contributed by atoms with E-state index in [1.54, 1.807) is 19.1 Å². The van der Waals surface area contributed by atoms with Gasteiger partial charge in [-0.25, -0.2) is 0 Å². The normalized spacial score (nSPS) is 11.4. The molecule has 0 N–H and O–H groups in total. The molecule has 1 heterocycles. The minimum Gasteiger partial charge on any atom is -0.289 e. The van der Waals surface area contributed by atoms with Crippen molar-refractivity contribution in [3.63, 3.8) is 0 Å². The van der Waals surface area contributed by atoms with Crippen molar-refractivity contribution in [2.75, 3.05) is 0 Å². The number of nitrogens with zero attached hydrogens (tertiary/aromatic N) is 1. The third-order valence-corrected chi connectivity index (χ3v) is 1.76. The summed E-state index contributed by atoms with van der Waals surface area (Å²) in [4.78, 5) is 14.3. The van der Waals surface area contributed by atoms with E-state index in [9.17, 15) is 18.0 Å². The van der Waals surface area contributed by atoms with Gasteiger partial charge in [0, 0.05) is 6.20 Å². The van der Waals surface area contributed by atoms with Crippen LogP contribution in [0.4, 0.5) is 13.2 Å². The Morgan fingerprint density at radius 1 is 1.50 bits per heavy atom. The Kier molecular flexibility index (Phi) is 2.88. The van der Waals surface area contributed by atoms with Crippen molar-refractivity contribution < 1.29 is 18.0 Å². The molecule has 0 aromatic carbocycles. The highest BCUT2D eigenvalue weighted by Gasteiger charge is 2.38. The van der Waals surface area contributed by atoms with E-state index in [-0.39, 0.29) is 5.69 Å². The average molecular weight is 203 g/mol. The number of halogens is 3. The molecule has 1 aromatic heterocycles. The molecule has 0 atom stereocenters. The maximum atomic E-state index is 11.9. The van der Waals surface area contributed by atoms with Crippen LogP contribution < -0.4 is 0 Å². The first-order valence-corrected chi connectivity index (χ1v) is 3.92. The second kappa shape index (κ2) is 3.77. The molecular weight excluding hydrogens is 195 g/mol. The SMILES string of the molecule is Cc1cccnc1CC(=O)C(F)(F)F. The van der Waals surface area contributed by atoms with E-state index in [4.69, 9.17) is 0 Å². The summed E-state index contributed by atoms with van der Waals surface area (Å²) < 4.78 is 35.7. The standard InChI is InChI=1S/C9H8F3NO/c1-6-3-2-4-13-7(6)5-8(14)9(10,11)12/h2-4H,5H2,1H3. The van der Waals surface area contributed by atoms with E-state index in [0.717, 1.165) is 0 Å². The highest BCUT2D eigenvalue weighted by atomic mass is 19.4. The molecule has 5 heteroatoms. The molecule has 0 saturated carbocycles. The quantitative estimate of drug-likeness (QED) is 0.736. The lowest BCUT2D eigenvalue weighted by atomic mass is 10.1. The van der Waals surface area contributed by atoms with Gasteiger partial charge >= 0.3 is 6.18 Å². The smallest absolute Gasteiger partial charge is 0.289 e. The lowest BCUT2D eigenvalue weighted by molar-refractivity contribution is -0.170. The molecule has 0 saturated heterocycles. The Bertz CT molecular complexity index is 346. The highest BCUT2D eigenvalue weighted by Crippen LogP contribution is 2.18. The first kappa shape index (κ1) is 10.7. The van der Waals surface area contributed by atoms with Crippen LogP contribution in [-0.2, 0) is 11.2 Å². The average Bonchev–Trinajstić information content (AvgIpc) is 2.07. The van der Waals surface area contributed by atoms with Gasteiger partial charge in [-0.15, -0.1) is 0 Å². The summed E-state index contributed by atoms with van der Waals surface area (Å²) in [6, 6.07) is 3.23. The summed E-state index contributed by atoms with van der Waals surface area (Å²) >= 11 is 0. The fourth-order valence-electron chi connectivity index (χ4n) is 0.956. The molecule has 0 aliphatic carbocycles. The van der Waals surface area contributed by atoms with Gasteiger partial charge in [0.15, 0.2) is 0 Å². The Morgan fingerprint density at radius 3 is 2.64 bits per heavy atom. The van der Waals surface area contributed by atoms with Crippen molar-refractivity contribution in [3.8, 4) is 0 Å². The van der Waals surface area contributed by atoms with Crippen LogP contribution in [0.2, 0.25) is 0 Å². The number of hydrogen-bond donors (Lipinski definition) is 0.